The minimum atomic E-state index is 0.218. The lowest BCUT2D eigenvalue weighted by Crippen LogP contribution is -2.45. The van der Waals surface area contributed by atoms with Crippen LogP contribution in [-0.2, 0) is 0 Å². The number of hydrogen-bond acceptors (Lipinski definition) is 3. The number of rotatable bonds is 4. The van der Waals surface area contributed by atoms with Crippen molar-refractivity contribution in [1.29, 1.82) is 0 Å². The van der Waals surface area contributed by atoms with Crippen LogP contribution in [0.5, 0.6) is 5.75 Å². The van der Waals surface area contributed by atoms with Gasteiger partial charge in [-0.25, -0.2) is 0 Å². The fourth-order valence-corrected chi connectivity index (χ4v) is 2.93. The largest absolute Gasteiger partial charge is 0.491 e. The van der Waals surface area contributed by atoms with E-state index >= 15 is 0 Å². The number of nitrogens with zero attached hydrogens (tertiary/aromatic N) is 1. The Hall–Kier alpha value is -1.06. The van der Waals surface area contributed by atoms with Crippen molar-refractivity contribution in [2.45, 2.75) is 51.8 Å². The number of nitrogens with two attached hydrogens (primary N) is 1. The Balaban J connectivity index is 2.15. The SMILES string of the molecule is CCN1CCCC(N)C1c1ccc(OC(C)C)cc1. The van der Waals surface area contributed by atoms with Crippen LogP contribution in [0.25, 0.3) is 0 Å². The van der Waals surface area contributed by atoms with Crippen molar-refractivity contribution in [2.24, 2.45) is 5.73 Å². The van der Waals surface area contributed by atoms with E-state index in [1.807, 2.05) is 13.8 Å². The second-order valence-corrected chi connectivity index (χ2v) is 5.62. The van der Waals surface area contributed by atoms with E-state index in [0.29, 0.717) is 6.04 Å². The van der Waals surface area contributed by atoms with Crippen molar-refractivity contribution in [3.8, 4) is 5.75 Å². The summed E-state index contributed by atoms with van der Waals surface area (Å²) in [5.74, 6) is 0.936. The van der Waals surface area contributed by atoms with Gasteiger partial charge in [0.05, 0.1) is 6.10 Å². The summed E-state index contributed by atoms with van der Waals surface area (Å²) in [6.07, 6.45) is 2.54. The Morgan fingerprint density at radius 1 is 1.32 bits per heavy atom. The Bertz CT molecular complexity index is 388. The lowest BCUT2D eigenvalue weighted by atomic mass is 9.91. The predicted molar refractivity (Wildman–Crippen MR) is 79.4 cm³/mol. The molecule has 1 aromatic carbocycles. The monoisotopic (exact) mass is 262 g/mol. The van der Waals surface area contributed by atoms with Gasteiger partial charge in [0.25, 0.3) is 0 Å². The Labute approximate surface area is 116 Å². The molecule has 0 aromatic heterocycles. The maximum Gasteiger partial charge on any atom is 0.119 e. The highest BCUT2D eigenvalue weighted by Crippen LogP contribution is 2.30. The molecular formula is C16H26N2O. The second-order valence-electron chi connectivity index (χ2n) is 5.62. The third kappa shape index (κ3) is 3.48. The molecule has 0 aliphatic carbocycles. The summed E-state index contributed by atoms with van der Waals surface area (Å²) in [6.45, 7) is 8.51. The second kappa shape index (κ2) is 6.40. The van der Waals surface area contributed by atoms with Gasteiger partial charge in [-0.15, -0.1) is 0 Å². The molecule has 1 aliphatic rings. The zero-order valence-corrected chi connectivity index (χ0v) is 12.3. The molecule has 1 aromatic rings. The normalized spacial score (nSPS) is 24.7. The molecule has 0 amide bonds. The minimum Gasteiger partial charge on any atom is -0.491 e. The smallest absolute Gasteiger partial charge is 0.119 e. The molecule has 0 bridgehead atoms. The summed E-state index contributed by atoms with van der Waals surface area (Å²) >= 11 is 0. The van der Waals surface area contributed by atoms with Crippen LogP contribution in [0.2, 0.25) is 0 Å². The van der Waals surface area contributed by atoms with Crippen molar-refractivity contribution in [3.63, 3.8) is 0 Å². The molecule has 1 saturated heterocycles. The number of piperidine rings is 1. The zero-order valence-electron chi connectivity index (χ0n) is 12.3. The van der Waals surface area contributed by atoms with E-state index in [1.54, 1.807) is 0 Å². The lowest BCUT2D eigenvalue weighted by Gasteiger charge is -2.39. The first-order valence-electron chi connectivity index (χ1n) is 7.38. The highest BCUT2D eigenvalue weighted by molar-refractivity contribution is 5.30. The van der Waals surface area contributed by atoms with Gasteiger partial charge in [-0.2, -0.15) is 0 Å². The summed E-state index contributed by atoms with van der Waals surface area (Å²) in [7, 11) is 0. The van der Waals surface area contributed by atoms with E-state index in [4.69, 9.17) is 10.5 Å². The van der Waals surface area contributed by atoms with Gasteiger partial charge in [0.15, 0.2) is 0 Å². The molecule has 1 heterocycles. The van der Waals surface area contributed by atoms with Crippen molar-refractivity contribution >= 4 is 0 Å². The fraction of sp³-hybridized carbons (Fsp3) is 0.625. The van der Waals surface area contributed by atoms with Crippen molar-refractivity contribution in [3.05, 3.63) is 29.8 Å². The molecule has 1 aliphatic heterocycles. The van der Waals surface area contributed by atoms with E-state index in [2.05, 4.69) is 36.1 Å². The summed E-state index contributed by atoms with van der Waals surface area (Å²) in [6, 6.07) is 9.04. The first kappa shape index (κ1) is 14.4. The van der Waals surface area contributed by atoms with Crippen LogP contribution in [0.4, 0.5) is 0 Å². The third-order valence-corrected chi connectivity index (χ3v) is 3.78. The molecular weight excluding hydrogens is 236 g/mol. The van der Waals surface area contributed by atoms with E-state index in [1.165, 1.54) is 12.0 Å². The number of likely N-dealkylation sites (tertiary alicyclic amines) is 1. The van der Waals surface area contributed by atoms with Crippen LogP contribution in [0.3, 0.4) is 0 Å². The summed E-state index contributed by atoms with van der Waals surface area (Å²) in [5.41, 5.74) is 7.63. The molecule has 1 fully saturated rings. The average molecular weight is 262 g/mol. The number of hydrogen-bond donors (Lipinski definition) is 1. The number of ether oxygens (including phenoxy) is 1. The minimum absolute atomic E-state index is 0.218. The van der Waals surface area contributed by atoms with Crippen LogP contribution < -0.4 is 10.5 Å². The molecule has 2 unspecified atom stereocenters. The first-order valence-corrected chi connectivity index (χ1v) is 7.38. The number of benzene rings is 1. The summed E-state index contributed by atoms with van der Waals surface area (Å²) in [4.78, 5) is 2.48. The molecule has 2 N–H and O–H groups in total. The molecule has 3 heteroatoms. The molecule has 2 atom stereocenters. The van der Waals surface area contributed by atoms with Gasteiger partial charge in [-0.1, -0.05) is 19.1 Å². The summed E-state index contributed by atoms with van der Waals surface area (Å²) in [5, 5.41) is 0. The van der Waals surface area contributed by atoms with E-state index < -0.39 is 0 Å². The van der Waals surface area contributed by atoms with Gasteiger partial charge in [0, 0.05) is 12.1 Å². The topological polar surface area (TPSA) is 38.5 Å². The maximum absolute atomic E-state index is 6.32. The van der Waals surface area contributed by atoms with E-state index in [0.717, 1.165) is 25.3 Å². The predicted octanol–water partition coefficient (Wildman–Crippen LogP) is 2.96. The van der Waals surface area contributed by atoms with Gasteiger partial charge in [-0.3, -0.25) is 4.90 Å². The van der Waals surface area contributed by atoms with Gasteiger partial charge < -0.3 is 10.5 Å². The Kier molecular flexibility index (Phi) is 4.83. The highest BCUT2D eigenvalue weighted by atomic mass is 16.5. The Morgan fingerprint density at radius 3 is 2.58 bits per heavy atom. The fourth-order valence-electron chi connectivity index (χ4n) is 2.93. The van der Waals surface area contributed by atoms with Gasteiger partial charge in [0.1, 0.15) is 5.75 Å². The number of likely N-dealkylation sites (N-methyl/N-ethyl adjacent to an activating group) is 1. The summed E-state index contributed by atoms with van der Waals surface area (Å²) < 4.78 is 5.69. The molecule has 0 spiro atoms. The van der Waals surface area contributed by atoms with E-state index in [9.17, 15) is 0 Å². The van der Waals surface area contributed by atoms with Crippen LogP contribution >= 0.6 is 0 Å². The molecule has 0 radical (unpaired) electrons. The molecule has 19 heavy (non-hydrogen) atoms. The van der Waals surface area contributed by atoms with Crippen molar-refractivity contribution in [1.82, 2.24) is 4.90 Å². The van der Waals surface area contributed by atoms with Crippen molar-refractivity contribution in [2.75, 3.05) is 13.1 Å². The highest BCUT2D eigenvalue weighted by Gasteiger charge is 2.29. The lowest BCUT2D eigenvalue weighted by molar-refractivity contribution is 0.135. The standard InChI is InChI=1S/C16H26N2O/c1-4-18-11-5-6-15(17)16(18)13-7-9-14(10-8-13)19-12(2)3/h7-10,12,15-16H,4-6,11,17H2,1-3H3. The van der Waals surface area contributed by atoms with E-state index in [-0.39, 0.29) is 12.1 Å². The third-order valence-electron chi connectivity index (χ3n) is 3.78. The molecule has 3 nitrogen and oxygen atoms in total. The van der Waals surface area contributed by atoms with Crippen LogP contribution in [0.1, 0.15) is 45.2 Å². The molecule has 0 saturated carbocycles. The van der Waals surface area contributed by atoms with Gasteiger partial charge in [0.2, 0.25) is 0 Å². The zero-order chi connectivity index (χ0) is 13.8. The van der Waals surface area contributed by atoms with Crippen LogP contribution in [-0.4, -0.2) is 30.1 Å². The van der Waals surface area contributed by atoms with Crippen LogP contribution in [0, 0.1) is 0 Å². The Morgan fingerprint density at radius 2 is 2.00 bits per heavy atom. The van der Waals surface area contributed by atoms with Gasteiger partial charge >= 0.3 is 0 Å². The van der Waals surface area contributed by atoms with Crippen LogP contribution in [0.15, 0.2) is 24.3 Å². The molecule has 2 rings (SSSR count). The average Bonchev–Trinajstić information content (AvgIpc) is 2.39. The quantitative estimate of drug-likeness (QED) is 0.906. The van der Waals surface area contributed by atoms with Crippen molar-refractivity contribution < 1.29 is 4.74 Å². The van der Waals surface area contributed by atoms with Gasteiger partial charge in [-0.05, 0) is 57.5 Å². The molecule has 106 valence electrons. The first-order chi connectivity index (χ1) is 9.11. The maximum atomic E-state index is 6.32.